The van der Waals surface area contributed by atoms with E-state index in [0.717, 1.165) is 22.5 Å². The SMILES string of the molecule is O=c1c2cc(Cl)ccc2ncn1C1CCN(S(=O)(=O)c2cccc(C(F)(F)F)c2)CC1. The predicted molar refractivity (Wildman–Crippen MR) is 109 cm³/mol. The van der Waals surface area contributed by atoms with Crippen LogP contribution in [0.5, 0.6) is 0 Å². The monoisotopic (exact) mass is 471 g/mol. The normalized spacial score (nSPS) is 16.6. The van der Waals surface area contributed by atoms with Crippen molar-refractivity contribution < 1.29 is 21.6 Å². The molecule has 4 rings (SSSR count). The van der Waals surface area contributed by atoms with Crippen molar-refractivity contribution in [3.05, 3.63) is 69.7 Å². The summed E-state index contributed by atoms with van der Waals surface area (Å²) in [5.41, 5.74) is -0.780. The molecule has 164 valence electrons. The molecule has 0 saturated carbocycles. The molecule has 1 aliphatic rings. The standard InChI is InChI=1S/C20H17ClF3N3O3S/c21-14-4-5-18-17(11-14)19(28)27(12-25-18)15-6-8-26(9-7-15)31(29,30)16-3-1-2-13(10-16)20(22,23)24/h1-5,10-12,15H,6-9H2. The molecule has 0 unspecified atom stereocenters. The van der Waals surface area contributed by atoms with Crippen molar-refractivity contribution in [3.63, 3.8) is 0 Å². The Morgan fingerprint density at radius 3 is 2.45 bits per heavy atom. The van der Waals surface area contributed by atoms with E-state index in [9.17, 15) is 26.4 Å². The van der Waals surface area contributed by atoms with Gasteiger partial charge in [0.2, 0.25) is 10.0 Å². The summed E-state index contributed by atoms with van der Waals surface area (Å²) in [5, 5.41) is 0.778. The Kier molecular flexibility index (Phi) is 5.57. The fourth-order valence-corrected chi connectivity index (χ4v) is 5.40. The van der Waals surface area contributed by atoms with Crippen LogP contribution in [0, 0.1) is 0 Å². The summed E-state index contributed by atoms with van der Waals surface area (Å²) in [6, 6.07) is 8.24. The van der Waals surface area contributed by atoms with Crippen molar-refractivity contribution in [1.29, 1.82) is 0 Å². The van der Waals surface area contributed by atoms with Gasteiger partial charge in [0.25, 0.3) is 5.56 Å². The quantitative estimate of drug-likeness (QED) is 0.576. The molecule has 1 fully saturated rings. The molecule has 1 aromatic heterocycles. The van der Waals surface area contributed by atoms with Gasteiger partial charge in [-0.05, 0) is 49.2 Å². The first-order valence-corrected chi connectivity index (χ1v) is 11.2. The summed E-state index contributed by atoms with van der Waals surface area (Å²) < 4.78 is 67.2. The number of aromatic nitrogens is 2. The molecule has 0 bridgehead atoms. The van der Waals surface area contributed by atoms with E-state index in [4.69, 9.17) is 11.6 Å². The van der Waals surface area contributed by atoms with Crippen molar-refractivity contribution >= 4 is 32.5 Å². The average molecular weight is 472 g/mol. The van der Waals surface area contributed by atoms with Crippen LogP contribution >= 0.6 is 11.6 Å². The number of hydrogen-bond acceptors (Lipinski definition) is 4. The van der Waals surface area contributed by atoms with Crippen LogP contribution in [0.1, 0.15) is 24.4 Å². The van der Waals surface area contributed by atoms with E-state index in [1.54, 1.807) is 12.1 Å². The number of nitrogens with zero attached hydrogens (tertiary/aromatic N) is 3. The molecule has 2 aromatic carbocycles. The van der Waals surface area contributed by atoms with Gasteiger partial charge in [0.15, 0.2) is 0 Å². The summed E-state index contributed by atoms with van der Waals surface area (Å²) in [6.45, 7) is 0.145. The topological polar surface area (TPSA) is 72.3 Å². The molecule has 1 saturated heterocycles. The van der Waals surface area contributed by atoms with Crippen LogP contribution in [0.25, 0.3) is 10.9 Å². The number of fused-ring (bicyclic) bond motifs is 1. The van der Waals surface area contributed by atoms with Crippen LogP contribution in [0.15, 0.2) is 58.5 Å². The number of rotatable bonds is 3. The Hall–Kier alpha value is -2.43. The molecule has 0 amide bonds. The van der Waals surface area contributed by atoms with Crippen molar-refractivity contribution in [3.8, 4) is 0 Å². The van der Waals surface area contributed by atoms with Gasteiger partial charge in [-0.25, -0.2) is 13.4 Å². The highest BCUT2D eigenvalue weighted by Crippen LogP contribution is 2.32. The summed E-state index contributed by atoms with van der Waals surface area (Å²) in [6.07, 6.45) is -2.55. The molecule has 0 N–H and O–H groups in total. The smallest absolute Gasteiger partial charge is 0.296 e. The summed E-state index contributed by atoms with van der Waals surface area (Å²) in [4.78, 5) is 16.7. The molecule has 3 aromatic rings. The number of halogens is 4. The van der Waals surface area contributed by atoms with Gasteiger partial charge in [-0.3, -0.25) is 9.36 Å². The molecule has 1 aliphatic heterocycles. The van der Waals surface area contributed by atoms with E-state index in [1.165, 1.54) is 17.0 Å². The van der Waals surface area contributed by atoms with Gasteiger partial charge in [-0.15, -0.1) is 0 Å². The van der Waals surface area contributed by atoms with Gasteiger partial charge in [0, 0.05) is 24.2 Å². The number of sulfonamides is 1. The fourth-order valence-electron chi connectivity index (χ4n) is 3.71. The molecule has 11 heteroatoms. The lowest BCUT2D eigenvalue weighted by Gasteiger charge is -2.32. The third-order valence-corrected chi connectivity index (χ3v) is 7.49. The number of piperidine rings is 1. The van der Waals surface area contributed by atoms with Crippen LogP contribution < -0.4 is 5.56 Å². The van der Waals surface area contributed by atoms with E-state index in [2.05, 4.69) is 4.98 Å². The molecule has 0 atom stereocenters. The Morgan fingerprint density at radius 1 is 1.06 bits per heavy atom. The lowest BCUT2D eigenvalue weighted by Crippen LogP contribution is -2.40. The van der Waals surface area contributed by atoms with Gasteiger partial charge in [0.05, 0.1) is 27.7 Å². The Balaban J connectivity index is 1.56. The Morgan fingerprint density at radius 2 is 1.77 bits per heavy atom. The lowest BCUT2D eigenvalue weighted by atomic mass is 10.1. The zero-order valence-corrected chi connectivity index (χ0v) is 17.6. The zero-order chi connectivity index (χ0) is 22.4. The number of hydrogen-bond donors (Lipinski definition) is 0. The molecule has 6 nitrogen and oxygen atoms in total. The minimum Gasteiger partial charge on any atom is -0.296 e. The highest BCUT2D eigenvalue weighted by atomic mass is 35.5. The summed E-state index contributed by atoms with van der Waals surface area (Å²) in [5.74, 6) is 0. The number of benzene rings is 2. The molecule has 0 spiro atoms. The molecule has 0 aliphatic carbocycles. The van der Waals surface area contributed by atoms with E-state index in [1.807, 2.05) is 0 Å². The summed E-state index contributed by atoms with van der Waals surface area (Å²) >= 11 is 5.98. The van der Waals surface area contributed by atoms with E-state index in [-0.39, 0.29) is 24.7 Å². The van der Waals surface area contributed by atoms with Crippen LogP contribution in [0.2, 0.25) is 5.02 Å². The first-order chi connectivity index (χ1) is 14.6. The van der Waals surface area contributed by atoms with Crippen LogP contribution in [-0.4, -0.2) is 35.4 Å². The minimum absolute atomic E-state index is 0.0727. The predicted octanol–water partition coefficient (Wildman–Crippen LogP) is 4.09. The van der Waals surface area contributed by atoms with E-state index in [0.29, 0.717) is 34.8 Å². The first-order valence-electron chi connectivity index (χ1n) is 9.41. The van der Waals surface area contributed by atoms with Crippen molar-refractivity contribution in [2.24, 2.45) is 0 Å². The van der Waals surface area contributed by atoms with E-state index < -0.39 is 26.7 Å². The van der Waals surface area contributed by atoms with Crippen LogP contribution in [0.4, 0.5) is 13.2 Å². The summed E-state index contributed by atoms with van der Waals surface area (Å²) in [7, 11) is -4.09. The van der Waals surface area contributed by atoms with Gasteiger partial charge in [0.1, 0.15) is 0 Å². The van der Waals surface area contributed by atoms with Gasteiger partial charge in [-0.1, -0.05) is 17.7 Å². The fraction of sp³-hybridized carbons (Fsp3) is 0.300. The molecule has 31 heavy (non-hydrogen) atoms. The maximum absolute atomic E-state index is 13.0. The Labute approximate surface area is 180 Å². The highest BCUT2D eigenvalue weighted by molar-refractivity contribution is 7.89. The second-order valence-corrected chi connectivity index (χ2v) is 9.65. The van der Waals surface area contributed by atoms with Crippen LogP contribution in [0.3, 0.4) is 0 Å². The number of alkyl halides is 3. The van der Waals surface area contributed by atoms with Gasteiger partial charge in [-0.2, -0.15) is 17.5 Å². The third kappa shape index (κ3) is 4.19. The molecule has 2 heterocycles. The van der Waals surface area contributed by atoms with Crippen molar-refractivity contribution in [2.45, 2.75) is 30.0 Å². The van der Waals surface area contributed by atoms with Crippen molar-refractivity contribution in [2.75, 3.05) is 13.1 Å². The zero-order valence-electron chi connectivity index (χ0n) is 16.0. The molecular formula is C20H17ClF3N3O3S. The first kappa shape index (κ1) is 21.8. The second kappa shape index (κ2) is 7.92. The third-order valence-electron chi connectivity index (χ3n) is 5.36. The van der Waals surface area contributed by atoms with Crippen molar-refractivity contribution in [1.82, 2.24) is 13.9 Å². The average Bonchev–Trinajstić information content (AvgIpc) is 2.74. The van der Waals surface area contributed by atoms with Gasteiger partial charge >= 0.3 is 6.18 Å². The largest absolute Gasteiger partial charge is 0.416 e. The van der Waals surface area contributed by atoms with Crippen LogP contribution in [-0.2, 0) is 16.2 Å². The Bertz CT molecular complexity index is 1300. The maximum atomic E-state index is 13.0. The maximum Gasteiger partial charge on any atom is 0.416 e. The second-order valence-electron chi connectivity index (χ2n) is 7.28. The highest BCUT2D eigenvalue weighted by Gasteiger charge is 2.34. The molecular weight excluding hydrogens is 455 g/mol. The lowest BCUT2D eigenvalue weighted by molar-refractivity contribution is -0.137. The minimum atomic E-state index is -4.63. The van der Waals surface area contributed by atoms with Gasteiger partial charge < -0.3 is 0 Å². The van der Waals surface area contributed by atoms with E-state index >= 15 is 0 Å². The molecule has 0 radical (unpaired) electrons.